The lowest BCUT2D eigenvalue weighted by Crippen LogP contribution is -1.99. The van der Waals surface area contributed by atoms with Crippen LogP contribution >= 0.6 is 22.5 Å². The van der Waals surface area contributed by atoms with E-state index in [1.54, 1.807) is 0 Å². The van der Waals surface area contributed by atoms with Gasteiger partial charge in [-0.25, -0.2) is 0 Å². The number of hydrogen-bond donors (Lipinski definition) is 3. The predicted octanol–water partition coefficient (Wildman–Crippen LogP) is 0.458. The Morgan fingerprint density at radius 2 is 2.20 bits per heavy atom. The van der Waals surface area contributed by atoms with Gasteiger partial charge in [0.05, 0.1) is 0 Å². The van der Waals surface area contributed by atoms with Gasteiger partial charge < -0.3 is 5.73 Å². The summed E-state index contributed by atoms with van der Waals surface area (Å²) in [5.74, 6) is 0. The van der Waals surface area contributed by atoms with Crippen molar-refractivity contribution in [2.75, 3.05) is 0 Å². The van der Waals surface area contributed by atoms with E-state index in [4.69, 9.17) is 11.1 Å². The Balaban J connectivity index is 2.85. The summed E-state index contributed by atoms with van der Waals surface area (Å²) in [7, 11) is 0.935. The van der Waals surface area contributed by atoms with Crippen LogP contribution in [0.1, 0.15) is 0 Å². The highest BCUT2D eigenvalue weighted by Crippen LogP contribution is 1.99. The molecule has 0 aromatic rings. The summed E-state index contributed by atoms with van der Waals surface area (Å²) < 4.78 is 0. The van der Waals surface area contributed by atoms with Gasteiger partial charge in [-0.05, 0) is 10.8 Å². The SMILES string of the molecule is N=C(N)SS. The fourth-order valence-corrected chi connectivity index (χ4v) is 0. The number of amidine groups is 1. The summed E-state index contributed by atoms with van der Waals surface area (Å²) in [6, 6.07) is 0. The van der Waals surface area contributed by atoms with Crippen molar-refractivity contribution in [3.05, 3.63) is 0 Å². The van der Waals surface area contributed by atoms with Crippen LogP contribution < -0.4 is 5.73 Å². The summed E-state index contributed by atoms with van der Waals surface area (Å²) in [6.07, 6.45) is 0. The van der Waals surface area contributed by atoms with Crippen LogP contribution in [0.2, 0.25) is 0 Å². The number of nitrogens with one attached hydrogen (secondary N) is 1. The molecule has 0 unspecified atom stereocenters. The van der Waals surface area contributed by atoms with Crippen LogP contribution in [-0.2, 0) is 0 Å². The largest absolute Gasteiger partial charge is 0.378 e. The van der Waals surface area contributed by atoms with Gasteiger partial charge in [-0.1, -0.05) is 0 Å². The van der Waals surface area contributed by atoms with Crippen LogP contribution in [0.15, 0.2) is 0 Å². The van der Waals surface area contributed by atoms with E-state index in [0.29, 0.717) is 0 Å². The third-order valence-corrected chi connectivity index (χ3v) is 0.885. The number of rotatable bonds is 0. The highest BCUT2D eigenvalue weighted by atomic mass is 33.1. The molecule has 0 spiro atoms. The molecule has 0 amide bonds. The van der Waals surface area contributed by atoms with Crippen LogP contribution in [0.4, 0.5) is 0 Å². The molecule has 0 aliphatic heterocycles. The molecule has 0 saturated heterocycles. The second-order valence-corrected chi connectivity index (χ2v) is 1.63. The van der Waals surface area contributed by atoms with E-state index in [1.165, 1.54) is 0 Å². The summed E-state index contributed by atoms with van der Waals surface area (Å²) in [5.41, 5.74) is 4.76. The number of hydrogen-bond acceptors (Lipinski definition) is 3. The van der Waals surface area contributed by atoms with Gasteiger partial charge in [0.15, 0.2) is 5.17 Å². The summed E-state index contributed by atoms with van der Waals surface area (Å²) in [5, 5.41) is 6.44. The van der Waals surface area contributed by atoms with Crippen molar-refractivity contribution in [3.63, 3.8) is 0 Å². The molecule has 5 heavy (non-hydrogen) atoms. The second kappa shape index (κ2) is 2.41. The first-order valence-electron chi connectivity index (χ1n) is 0.925. The van der Waals surface area contributed by atoms with Crippen molar-refractivity contribution in [2.24, 2.45) is 5.73 Å². The second-order valence-electron chi connectivity index (χ2n) is 0.456. The minimum Gasteiger partial charge on any atom is -0.378 e. The van der Waals surface area contributed by atoms with E-state index < -0.39 is 0 Å². The monoisotopic (exact) mass is 108 g/mol. The van der Waals surface area contributed by atoms with Gasteiger partial charge in [-0.15, -0.1) is 11.7 Å². The van der Waals surface area contributed by atoms with Crippen molar-refractivity contribution >= 4 is 27.6 Å². The van der Waals surface area contributed by atoms with Gasteiger partial charge in [0, 0.05) is 0 Å². The van der Waals surface area contributed by atoms with Crippen LogP contribution in [0.5, 0.6) is 0 Å². The molecule has 0 aromatic carbocycles. The Bertz CT molecular complexity index is 42.9. The van der Waals surface area contributed by atoms with E-state index >= 15 is 0 Å². The first-order valence-corrected chi connectivity index (χ1v) is 2.79. The molecule has 0 atom stereocenters. The molecule has 0 aromatic heterocycles. The Kier molecular flexibility index (Phi) is 2.49. The first kappa shape index (κ1) is 5.17. The molecule has 30 valence electrons. The van der Waals surface area contributed by atoms with Crippen LogP contribution in [-0.4, -0.2) is 5.17 Å². The van der Waals surface area contributed by atoms with Crippen molar-refractivity contribution in [3.8, 4) is 0 Å². The maximum atomic E-state index is 6.41. The van der Waals surface area contributed by atoms with E-state index in [1.807, 2.05) is 0 Å². The topological polar surface area (TPSA) is 49.9 Å². The Morgan fingerprint density at radius 3 is 2.20 bits per heavy atom. The van der Waals surface area contributed by atoms with Crippen molar-refractivity contribution in [1.29, 1.82) is 5.41 Å². The van der Waals surface area contributed by atoms with Gasteiger partial charge >= 0.3 is 0 Å². The fourth-order valence-electron chi connectivity index (χ4n) is 0. The van der Waals surface area contributed by atoms with E-state index in [0.717, 1.165) is 10.8 Å². The van der Waals surface area contributed by atoms with Gasteiger partial charge in [-0.2, -0.15) is 0 Å². The van der Waals surface area contributed by atoms with E-state index in [2.05, 4.69) is 11.7 Å². The zero-order valence-electron chi connectivity index (χ0n) is 2.43. The van der Waals surface area contributed by atoms with Crippen molar-refractivity contribution in [2.45, 2.75) is 0 Å². The molecule has 0 saturated carbocycles. The maximum absolute atomic E-state index is 6.41. The van der Waals surface area contributed by atoms with Crippen molar-refractivity contribution < 1.29 is 0 Å². The molecule has 0 aliphatic carbocycles. The minimum absolute atomic E-state index is 0.0355. The van der Waals surface area contributed by atoms with Gasteiger partial charge in [0.1, 0.15) is 0 Å². The lowest BCUT2D eigenvalue weighted by molar-refractivity contribution is 1.51. The highest BCUT2D eigenvalue weighted by molar-refractivity contribution is 8.74. The maximum Gasteiger partial charge on any atom is 0.161 e. The van der Waals surface area contributed by atoms with Crippen LogP contribution in [0.25, 0.3) is 0 Å². The molecule has 2 nitrogen and oxygen atoms in total. The molecule has 0 rings (SSSR count). The number of nitrogens with two attached hydrogens (primary N) is 1. The minimum atomic E-state index is 0.0355. The average Bonchev–Trinajstić information content (AvgIpc) is 1.38. The molecule has 0 aliphatic rings. The fraction of sp³-hybridized carbons (Fsp3) is 0. The van der Waals surface area contributed by atoms with Crippen molar-refractivity contribution in [1.82, 2.24) is 0 Å². The van der Waals surface area contributed by atoms with Crippen LogP contribution in [0.3, 0.4) is 0 Å². The first-order chi connectivity index (χ1) is 2.27. The molecule has 0 fully saturated rings. The lowest BCUT2D eigenvalue weighted by atomic mass is 11.4. The zero-order chi connectivity index (χ0) is 4.28. The molecule has 0 bridgehead atoms. The third-order valence-electron chi connectivity index (χ3n) is 0.0983. The van der Waals surface area contributed by atoms with Gasteiger partial charge in [0.2, 0.25) is 0 Å². The average molecular weight is 108 g/mol. The summed E-state index contributed by atoms with van der Waals surface area (Å²) >= 11 is 3.58. The quantitative estimate of drug-likeness (QED) is 0.183. The third kappa shape index (κ3) is 4.17. The Labute approximate surface area is 39.4 Å². The van der Waals surface area contributed by atoms with Gasteiger partial charge in [-0.3, -0.25) is 5.41 Å². The Hall–Kier alpha value is 0.170. The molecular weight excluding hydrogens is 104 g/mol. The van der Waals surface area contributed by atoms with Gasteiger partial charge in [0.25, 0.3) is 0 Å². The molecule has 3 N–H and O–H groups in total. The van der Waals surface area contributed by atoms with E-state index in [-0.39, 0.29) is 5.17 Å². The molecule has 4 heteroatoms. The smallest absolute Gasteiger partial charge is 0.161 e. The predicted molar refractivity (Wildman–Crippen MR) is 28.5 cm³/mol. The lowest BCUT2D eigenvalue weighted by Gasteiger charge is -1.77. The number of thiol groups is 1. The summed E-state index contributed by atoms with van der Waals surface area (Å²) in [4.78, 5) is 0. The normalized spacial score (nSPS) is 7.40. The van der Waals surface area contributed by atoms with E-state index in [9.17, 15) is 0 Å². The molecular formula is CH4N2S2. The zero-order valence-corrected chi connectivity index (χ0v) is 4.14. The van der Waals surface area contributed by atoms with Crippen LogP contribution in [0, 0.1) is 5.41 Å². The Morgan fingerprint density at radius 1 is 2.00 bits per heavy atom. The summed E-state index contributed by atoms with van der Waals surface area (Å²) in [6.45, 7) is 0. The standard InChI is InChI=1S/CH4N2S2/c2-1(3)5-4/h4H,(H3,2,3). The molecule has 0 heterocycles. The highest BCUT2D eigenvalue weighted by Gasteiger charge is 1.72. The molecule has 0 radical (unpaired) electrons.